The lowest BCUT2D eigenvalue weighted by Gasteiger charge is -2.43. The van der Waals surface area contributed by atoms with E-state index in [4.69, 9.17) is 4.74 Å². The summed E-state index contributed by atoms with van der Waals surface area (Å²) in [5.74, 6) is -0.237. The first kappa shape index (κ1) is 30.8. The van der Waals surface area contributed by atoms with Crippen molar-refractivity contribution >= 4 is 34.8 Å². The highest BCUT2D eigenvalue weighted by atomic mass is 16.5. The molecule has 0 aliphatic heterocycles. The molecule has 2 amide bonds. The van der Waals surface area contributed by atoms with Crippen LogP contribution in [0.25, 0.3) is 22.8 Å². The third-order valence-corrected chi connectivity index (χ3v) is 8.20. The predicted molar refractivity (Wildman–Crippen MR) is 171 cm³/mol. The van der Waals surface area contributed by atoms with E-state index in [1.807, 2.05) is 66.4 Å². The Morgan fingerprint density at radius 2 is 1.91 bits per heavy atom. The summed E-state index contributed by atoms with van der Waals surface area (Å²) in [6, 6.07) is 9.91. The predicted octanol–water partition coefficient (Wildman–Crippen LogP) is 5.90. The number of methoxy groups -OCH3 is 1. The molecule has 3 aromatic heterocycles. The minimum absolute atomic E-state index is 0.0545. The zero-order chi connectivity index (χ0) is 31.4. The third-order valence-electron chi connectivity index (χ3n) is 8.20. The van der Waals surface area contributed by atoms with E-state index in [-0.39, 0.29) is 18.0 Å². The van der Waals surface area contributed by atoms with Gasteiger partial charge in [0.25, 0.3) is 5.91 Å². The fourth-order valence-electron chi connectivity index (χ4n) is 6.13. The minimum atomic E-state index is -0.892. The number of carboxylic acid groups (broad SMARTS) is 1. The molecule has 0 saturated heterocycles. The van der Waals surface area contributed by atoms with Crippen LogP contribution in [-0.4, -0.2) is 65.8 Å². The van der Waals surface area contributed by atoms with Gasteiger partial charge < -0.3 is 34.5 Å². The Hall–Kier alpha value is -4.64. The molecule has 232 valence electrons. The summed E-state index contributed by atoms with van der Waals surface area (Å²) in [4.78, 5) is 36.1. The van der Waals surface area contributed by atoms with Gasteiger partial charge in [0.2, 0.25) is 0 Å². The fraction of sp³-hybridized carbons (Fsp3) is 0.394. The third kappa shape index (κ3) is 6.47. The zero-order valence-electron chi connectivity index (χ0n) is 25.8. The molecule has 3 heterocycles. The molecule has 0 bridgehead atoms. The van der Waals surface area contributed by atoms with Crippen molar-refractivity contribution in [1.82, 2.24) is 29.3 Å². The van der Waals surface area contributed by atoms with Gasteiger partial charge in [0.05, 0.1) is 17.6 Å². The smallest absolute Gasteiger partial charge is 0.407 e. The normalized spacial score (nSPS) is 16.9. The highest BCUT2D eigenvalue weighted by molar-refractivity contribution is 6.07. The number of imidazole rings is 1. The van der Waals surface area contributed by atoms with Crippen molar-refractivity contribution in [2.45, 2.75) is 77.4 Å². The number of ether oxygens (including phenoxy) is 1. The van der Waals surface area contributed by atoms with Crippen molar-refractivity contribution in [3.05, 3.63) is 78.6 Å². The first-order chi connectivity index (χ1) is 21.1. The van der Waals surface area contributed by atoms with Crippen LogP contribution in [-0.2, 0) is 18.0 Å². The molecular formula is C33H41N7O4. The largest absolute Gasteiger partial charge is 0.465 e. The summed E-state index contributed by atoms with van der Waals surface area (Å²) >= 11 is 0. The number of pyridine rings is 1. The van der Waals surface area contributed by atoms with Crippen molar-refractivity contribution in [2.24, 2.45) is 0 Å². The number of aromatic nitrogens is 4. The van der Waals surface area contributed by atoms with Crippen molar-refractivity contribution in [2.75, 3.05) is 12.4 Å². The van der Waals surface area contributed by atoms with Crippen molar-refractivity contribution in [3.8, 4) is 5.69 Å². The maximum atomic E-state index is 13.7. The van der Waals surface area contributed by atoms with E-state index < -0.39 is 11.6 Å². The van der Waals surface area contributed by atoms with Crippen LogP contribution in [0.4, 0.5) is 10.5 Å². The van der Waals surface area contributed by atoms with Crippen molar-refractivity contribution in [3.63, 3.8) is 0 Å². The lowest BCUT2D eigenvalue weighted by atomic mass is 9.87. The monoisotopic (exact) mass is 599 g/mol. The lowest BCUT2D eigenvalue weighted by Crippen LogP contribution is -2.52. The van der Waals surface area contributed by atoms with Crippen LogP contribution in [0.3, 0.4) is 0 Å². The van der Waals surface area contributed by atoms with Crippen molar-refractivity contribution in [1.29, 1.82) is 0 Å². The maximum absolute atomic E-state index is 13.7. The standard InChI is InChI=1S/C33H41N7O4/c1-6-24-17-27-29(37-23-9-13-26(14-10-23)40(32(42)43)33(2,3)4)28(19-35-30(27)39(24)21-44-5)31(41)36-18-22-7-11-25(12-8-22)38-16-15-34-20-38/h6-8,11-12,15-17,19-20,23,26H,1,9-10,13-14,18,21H2,2-5H3,(H,35,37)(H,36,41)(H,42,43)/t23-,26-. The Balaban J connectivity index is 1.38. The van der Waals surface area contributed by atoms with Gasteiger partial charge in [-0.1, -0.05) is 18.7 Å². The number of rotatable bonds is 10. The molecule has 4 aromatic rings. The second-order valence-electron chi connectivity index (χ2n) is 12.2. The second-order valence-corrected chi connectivity index (χ2v) is 12.2. The molecule has 5 rings (SSSR count). The molecule has 0 spiro atoms. The van der Waals surface area contributed by atoms with E-state index in [9.17, 15) is 14.7 Å². The molecule has 1 saturated carbocycles. The SMILES string of the molecule is C=Cc1cc2c(N[C@H]3CC[C@H](N(C(=O)O)C(C)(C)C)CC3)c(C(=O)NCc3ccc(-n4ccnc4)cc3)cnc2n1COC. The number of nitrogens with one attached hydrogen (secondary N) is 2. The maximum Gasteiger partial charge on any atom is 0.407 e. The number of anilines is 1. The molecular weight excluding hydrogens is 558 g/mol. The van der Waals surface area contributed by atoms with E-state index in [1.54, 1.807) is 36.8 Å². The summed E-state index contributed by atoms with van der Waals surface area (Å²) in [5.41, 5.74) is 4.14. The van der Waals surface area contributed by atoms with Crippen LogP contribution in [0.5, 0.6) is 0 Å². The van der Waals surface area contributed by atoms with Gasteiger partial charge in [-0.25, -0.2) is 14.8 Å². The average Bonchev–Trinajstić information content (AvgIpc) is 3.65. The number of carbonyl (C=O) groups is 2. The van der Waals surface area contributed by atoms with Gasteiger partial charge in [0.1, 0.15) is 12.4 Å². The Bertz CT molecular complexity index is 1610. The van der Waals surface area contributed by atoms with Crippen LogP contribution in [0.15, 0.2) is 61.8 Å². The van der Waals surface area contributed by atoms with E-state index in [0.717, 1.165) is 48.0 Å². The Morgan fingerprint density at radius 3 is 2.50 bits per heavy atom. The molecule has 0 unspecified atom stereocenters. The average molecular weight is 600 g/mol. The van der Waals surface area contributed by atoms with Crippen LogP contribution in [0.1, 0.15) is 68.1 Å². The fourth-order valence-corrected chi connectivity index (χ4v) is 6.13. The van der Waals surface area contributed by atoms with E-state index >= 15 is 0 Å². The molecule has 1 aliphatic carbocycles. The second kappa shape index (κ2) is 12.9. The summed E-state index contributed by atoms with van der Waals surface area (Å²) in [5, 5.41) is 17.4. The molecule has 44 heavy (non-hydrogen) atoms. The van der Waals surface area contributed by atoms with Gasteiger partial charge in [-0.15, -0.1) is 0 Å². The van der Waals surface area contributed by atoms with Gasteiger partial charge in [-0.2, -0.15) is 0 Å². The molecule has 3 N–H and O–H groups in total. The van der Waals surface area contributed by atoms with Gasteiger partial charge in [0.15, 0.2) is 0 Å². The summed E-state index contributed by atoms with van der Waals surface area (Å²) in [6.45, 7) is 10.4. The number of benzene rings is 1. The minimum Gasteiger partial charge on any atom is -0.465 e. The summed E-state index contributed by atoms with van der Waals surface area (Å²) in [6.07, 6.45) is 10.8. The highest BCUT2D eigenvalue weighted by Gasteiger charge is 2.36. The molecule has 11 heteroatoms. The molecule has 1 aliphatic rings. The van der Waals surface area contributed by atoms with Crippen LogP contribution < -0.4 is 10.6 Å². The first-order valence-corrected chi connectivity index (χ1v) is 14.9. The number of hydrogen-bond donors (Lipinski definition) is 3. The van der Waals surface area contributed by atoms with Crippen LogP contribution in [0, 0.1) is 0 Å². The number of fused-ring (bicyclic) bond motifs is 1. The van der Waals surface area contributed by atoms with E-state index in [1.165, 1.54) is 0 Å². The van der Waals surface area contributed by atoms with Gasteiger partial charge in [-0.05, 0) is 76.3 Å². The highest BCUT2D eigenvalue weighted by Crippen LogP contribution is 2.34. The molecule has 11 nitrogen and oxygen atoms in total. The van der Waals surface area contributed by atoms with E-state index in [2.05, 4.69) is 27.2 Å². The Labute approximate surface area is 257 Å². The number of hydrogen-bond acceptors (Lipinski definition) is 6. The Morgan fingerprint density at radius 1 is 1.18 bits per heavy atom. The molecule has 1 aromatic carbocycles. The lowest BCUT2D eigenvalue weighted by molar-refractivity contribution is 0.0556. The van der Waals surface area contributed by atoms with Crippen molar-refractivity contribution < 1.29 is 19.4 Å². The van der Waals surface area contributed by atoms with Gasteiger partial charge in [0, 0.05) is 66.6 Å². The molecule has 1 fully saturated rings. The van der Waals surface area contributed by atoms with E-state index in [0.29, 0.717) is 30.2 Å². The Kier molecular flexibility index (Phi) is 9.05. The van der Waals surface area contributed by atoms with Gasteiger partial charge >= 0.3 is 6.09 Å². The topological polar surface area (TPSA) is 127 Å². The first-order valence-electron chi connectivity index (χ1n) is 14.9. The van der Waals surface area contributed by atoms with Gasteiger partial charge in [-0.3, -0.25) is 4.79 Å². The zero-order valence-corrected chi connectivity index (χ0v) is 25.8. The molecule has 0 atom stereocenters. The van der Waals surface area contributed by atoms with Crippen LogP contribution in [0.2, 0.25) is 0 Å². The molecule has 0 radical (unpaired) electrons. The number of amides is 2. The number of nitrogens with zero attached hydrogens (tertiary/aromatic N) is 5. The number of carbonyl (C=O) groups excluding carboxylic acids is 1. The summed E-state index contributed by atoms with van der Waals surface area (Å²) < 4.78 is 9.26. The summed E-state index contributed by atoms with van der Waals surface area (Å²) in [7, 11) is 1.62. The van der Waals surface area contributed by atoms with Crippen LogP contribution >= 0.6 is 0 Å². The quantitative estimate of drug-likeness (QED) is 0.207.